The van der Waals surface area contributed by atoms with Crippen molar-refractivity contribution in [1.82, 2.24) is 4.90 Å². The fourth-order valence-corrected chi connectivity index (χ4v) is 2.65. The monoisotopic (exact) mass is 262 g/mol. The molecule has 0 radical (unpaired) electrons. The highest BCUT2D eigenvalue weighted by Gasteiger charge is 2.27. The van der Waals surface area contributed by atoms with Crippen LogP contribution in [0.5, 0.6) is 0 Å². The predicted molar refractivity (Wildman–Crippen MR) is 70.6 cm³/mol. The average Bonchev–Trinajstić information content (AvgIpc) is 2.76. The Balaban J connectivity index is 2.12. The number of carbonyl (C=O) groups is 2. The first-order chi connectivity index (χ1) is 9.08. The normalized spacial score (nSPS) is 19.5. The number of hydrogen-bond acceptors (Lipinski definition) is 3. The third-order valence-corrected chi connectivity index (χ3v) is 3.57. The summed E-state index contributed by atoms with van der Waals surface area (Å²) in [6.45, 7) is 1.45. The first-order valence-electron chi connectivity index (χ1n) is 6.41. The van der Waals surface area contributed by atoms with Gasteiger partial charge in [-0.25, -0.2) is 0 Å². The Morgan fingerprint density at radius 2 is 2.11 bits per heavy atom. The second kappa shape index (κ2) is 5.84. The zero-order valence-corrected chi connectivity index (χ0v) is 10.7. The maximum atomic E-state index is 11.4. The first-order valence-corrected chi connectivity index (χ1v) is 6.41. The maximum absolute atomic E-state index is 11.4. The van der Waals surface area contributed by atoms with Gasteiger partial charge < -0.3 is 10.8 Å². The Kier molecular flexibility index (Phi) is 4.16. The van der Waals surface area contributed by atoms with E-state index in [0.29, 0.717) is 12.1 Å². The topological polar surface area (TPSA) is 83.6 Å². The third kappa shape index (κ3) is 3.32. The molecule has 0 aromatic heterocycles. The zero-order valence-electron chi connectivity index (χ0n) is 10.7. The van der Waals surface area contributed by atoms with E-state index >= 15 is 0 Å². The minimum Gasteiger partial charge on any atom is -0.481 e. The number of aliphatic carboxylic acids is 1. The van der Waals surface area contributed by atoms with Gasteiger partial charge in [0.25, 0.3) is 0 Å². The second-order valence-electron chi connectivity index (χ2n) is 4.89. The number of likely N-dealkylation sites (tertiary alicyclic amines) is 1. The lowest BCUT2D eigenvalue weighted by molar-refractivity contribution is -0.138. The molecule has 19 heavy (non-hydrogen) atoms. The van der Waals surface area contributed by atoms with Crippen LogP contribution in [0.4, 0.5) is 0 Å². The molecular weight excluding hydrogens is 244 g/mol. The van der Waals surface area contributed by atoms with Crippen LogP contribution in [-0.4, -0.2) is 34.5 Å². The molecule has 1 unspecified atom stereocenters. The molecule has 0 bridgehead atoms. The molecule has 1 atom stereocenters. The Hall–Kier alpha value is -1.88. The lowest BCUT2D eigenvalue weighted by atomic mass is 10.1. The van der Waals surface area contributed by atoms with Gasteiger partial charge in [0.05, 0.1) is 6.42 Å². The van der Waals surface area contributed by atoms with E-state index in [2.05, 4.69) is 4.90 Å². The highest BCUT2D eigenvalue weighted by atomic mass is 16.4. The molecule has 1 heterocycles. The number of rotatable bonds is 5. The molecule has 3 N–H and O–H groups in total. The SMILES string of the molecule is NC(=O)c1ccccc1CN1CCCC1CC(=O)O. The quantitative estimate of drug-likeness (QED) is 0.835. The molecule has 1 aromatic rings. The maximum Gasteiger partial charge on any atom is 0.304 e. The number of nitrogens with two attached hydrogens (primary N) is 1. The molecule has 1 amide bonds. The van der Waals surface area contributed by atoms with Crippen LogP contribution in [0.1, 0.15) is 35.2 Å². The molecule has 1 aromatic carbocycles. The van der Waals surface area contributed by atoms with Crippen LogP contribution in [0.25, 0.3) is 0 Å². The molecule has 1 aliphatic rings. The van der Waals surface area contributed by atoms with Crippen molar-refractivity contribution in [3.8, 4) is 0 Å². The minimum atomic E-state index is -0.778. The van der Waals surface area contributed by atoms with Crippen LogP contribution in [0, 0.1) is 0 Å². The molecular formula is C14H18N2O3. The van der Waals surface area contributed by atoms with E-state index in [9.17, 15) is 9.59 Å². The van der Waals surface area contributed by atoms with E-state index in [1.54, 1.807) is 12.1 Å². The number of benzene rings is 1. The largest absolute Gasteiger partial charge is 0.481 e. The van der Waals surface area contributed by atoms with E-state index in [1.165, 1.54) is 0 Å². The highest BCUT2D eigenvalue weighted by Crippen LogP contribution is 2.23. The van der Waals surface area contributed by atoms with Gasteiger partial charge in [0.2, 0.25) is 5.91 Å². The molecule has 0 spiro atoms. The van der Waals surface area contributed by atoms with Gasteiger partial charge in [-0.15, -0.1) is 0 Å². The molecule has 1 aliphatic heterocycles. The molecule has 102 valence electrons. The van der Waals surface area contributed by atoms with Crippen LogP contribution in [0.3, 0.4) is 0 Å². The van der Waals surface area contributed by atoms with Crippen molar-refractivity contribution >= 4 is 11.9 Å². The van der Waals surface area contributed by atoms with Gasteiger partial charge in [-0.05, 0) is 31.0 Å². The third-order valence-electron chi connectivity index (χ3n) is 3.57. The van der Waals surface area contributed by atoms with Gasteiger partial charge in [-0.2, -0.15) is 0 Å². The van der Waals surface area contributed by atoms with Crippen LogP contribution >= 0.6 is 0 Å². The molecule has 1 fully saturated rings. The average molecular weight is 262 g/mol. The number of amides is 1. The Morgan fingerprint density at radius 1 is 1.37 bits per heavy atom. The summed E-state index contributed by atoms with van der Waals surface area (Å²) in [7, 11) is 0. The fraction of sp³-hybridized carbons (Fsp3) is 0.429. The molecule has 0 aliphatic carbocycles. The standard InChI is InChI=1S/C14H18N2O3/c15-14(19)12-6-2-1-4-10(12)9-16-7-3-5-11(16)8-13(17)18/h1-2,4,6,11H,3,5,7-9H2,(H2,15,19)(H,17,18). The Labute approximate surface area is 112 Å². The molecule has 2 rings (SSSR count). The summed E-state index contributed by atoms with van der Waals surface area (Å²) in [6, 6.07) is 7.28. The molecule has 0 saturated carbocycles. The molecule has 5 heteroatoms. The Morgan fingerprint density at radius 3 is 2.79 bits per heavy atom. The van der Waals surface area contributed by atoms with Crippen LogP contribution < -0.4 is 5.73 Å². The second-order valence-corrected chi connectivity index (χ2v) is 4.89. The summed E-state index contributed by atoms with van der Waals surface area (Å²) in [5.74, 6) is -1.22. The first kappa shape index (κ1) is 13.5. The van der Waals surface area contributed by atoms with Gasteiger partial charge in [-0.3, -0.25) is 14.5 Å². The summed E-state index contributed by atoms with van der Waals surface area (Å²) < 4.78 is 0. The summed E-state index contributed by atoms with van der Waals surface area (Å²) in [4.78, 5) is 24.3. The van der Waals surface area contributed by atoms with Gasteiger partial charge in [0.1, 0.15) is 0 Å². The van der Waals surface area contributed by atoms with E-state index in [1.807, 2.05) is 12.1 Å². The zero-order chi connectivity index (χ0) is 13.8. The molecule has 1 saturated heterocycles. The number of nitrogens with zero attached hydrogens (tertiary/aromatic N) is 1. The number of carbonyl (C=O) groups excluding carboxylic acids is 1. The minimum absolute atomic E-state index is 0.0541. The summed E-state index contributed by atoms with van der Waals surface area (Å²) in [5.41, 5.74) is 6.74. The number of carboxylic acids is 1. The van der Waals surface area contributed by atoms with Crippen molar-refractivity contribution in [2.24, 2.45) is 5.73 Å². The summed E-state index contributed by atoms with van der Waals surface area (Å²) in [5, 5.41) is 8.90. The lowest BCUT2D eigenvalue weighted by Crippen LogP contribution is -2.31. The summed E-state index contributed by atoms with van der Waals surface area (Å²) in [6.07, 6.45) is 2.04. The highest BCUT2D eigenvalue weighted by molar-refractivity contribution is 5.94. The van der Waals surface area contributed by atoms with Crippen molar-refractivity contribution in [3.63, 3.8) is 0 Å². The van der Waals surface area contributed by atoms with Crippen LogP contribution in [-0.2, 0) is 11.3 Å². The van der Waals surface area contributed by atoms with Gasteiger partial charge in [-0.1, -0.05) is 18.2 Å². The van der Waals surface area contributed by atoms with Crippen molar-refractivity contribution in [2.75, 3.05) is 6.54 Å². The van der Waals surface area contributed by atoms with Crippen molar-refractivity contribution in [3.05, 3.63) is 35.4 Å². The number of carboxylic acid groups (broad SMARTS) is 1. The van der Waals surface area contributed by atoms with Gasteiger partial charge in [0.15, 0.2) is 0 Å². The fourth-order valence-electron chi connectivity index (χ4n) is 2.65. The van der Waals surface area contributed by atoms with E-state index < -0.39 is 11.9 Å². The predicted octanol–water partition coefficient (Wildman–Crippen LogP) is 1.22. The van der Waals surface area contributed by atoms with Crippen LogP contribution in [0.2, 0.25) is 0 Å². The van der Waals surface area contributed by atoms with Crippen LogP contribution in [0.15, 0.2) is 24.3 Å². The Bertz CT molecular complexity index is 487. The van der Waals surface area contributed by atoms with Gasteiger partial charge >= 0.3 is 5.97 Å². The number of primary amides is 1. The van der Waals surface area contributed by atoms with Crippen molar-refractivity contribution < 1.29 is 14.7 Å². The summed E-state index contributed by atoms with van der Waals surface area (Å²) >= 11 is 0. The van der Waals surface area contributed by atoms with E-state index in [4.69, 9.17) is 10.8 Å². The van der Waals surface area contributed by atoms with Crippen molar-refractivity contribution in [1.29, 1.82) is 0 Å². The number of hydrogen-bond donors (Lipinski definition) is 2. The smallest absolute Gasteiger partial charge is 0.304 e. The lowest BCUT2D eigenvalue weighted by Gasteiger charge is -2.23. The molecule has 5 nitrogen and oxygen atoms in total. The van der Waals surface area contributed by atoms with Gasteiger partial charge in [0, 0.05) is 18.2 Å². The van der Waals surface area contributed by atoms with E-state index in [0.717, 1.165) is 24.9 Å². The van der Waals surface area contributed by atoms with Crippen molar-refractivity contribution in [2.45, 2.75) is 31.8 Å². The van der Waals surface area contributed by atoms with E-state index in [-0.39, 0.29) is 12.5 Å².